The number of hydrogen-bond donors (Lipinski definition) is 1. The van der Waals surface area contributed by atoms with Crippen LogP contribution in [0.4, 0.5) is 0 Å². The average Bonchev–Trinajstić information content (AvgIpc) is 2.11. The second-order valence-corrected chi connectivity index (χ2v) is 3.69. The molecule has 0 heterocycles. The van der Waals surface area contributed by atoms with Gasteiger partial charge in [-0.05, 0) is 33.7 Å². The second kappa shape index (κ2) is 7.30. The Hall–Kier alpha value is -0.120. The zero-order valence-electron chi connectivity index (χ0n) is 9.35. The maximum Gasteiger partial charge on any atom is 0.0746 e. The summed E-state index contributed by atoms with van der Waals surface area (Å²) in [6.07, 6.45) is 1.06. The molecule has 0 aromatic carbocycles. The van der Waals surface area contributed by atoms with E-state index in [0.717, 1.165) is 32.7 Å². The molecule has 0 amide bonds. The SMILES string of the molecule is CCOCCCNCC(C)(C)OC. The fourth-order valence-corrected chi connectivity index (χ4v) is 0.905. The Morgan fingerprint density at radius 1 is 1.31 bits per heavy atom. The van der Waals surface area contributed by atoms with E-state index in [1.54, 1.807) is 7.11 Å². The topological polar surface area (TPSA) is 30.5 Å². The summed E-state index contributed by atoms with van der Waals surface area (Å²) in [6.45, 7) is 9.69. The van der Waals surface area contributed by atoms with Gasteiger partial charge in [-0.1, -0.05) is 0 Å². The van der Waals surface area contributed by atoms with Crippen LogP contribution in [0.25, 0.3) is 0 Å². The summed E-state index contributed by atoms with van der Waals surface area (Å²) in [5, 5.41) is 3.33. The van der Waals surface area contributed by atoms with Crippen LogP contribution < -0.4 is 5.32 Å². The van der Waals surface area contributed by atoms with Gasteiger partial charge in [0.1, 0.15) is 0 Å². The van der Waals surface area contributed by atoms with Crippen molar-refractivity contribution < 1.29 is 9.47 Å². The summed E-state index contributed by atoms with van der Waals surface area (Å²) in [5.74, 6) is 0. The van der Waals surface area contributed by atoms with Crippen LogP contribution >= 0.6 is 0 Å². The molecule has 0 radical (unpaired) electrons. The molecule has 0 aliphatic heterocycles. The second-order valence-electron chi connectivity index (χ2n) is 3.69. The van der Waals surface area contributed by atoms with E-state index in [1.807, 2.05) is 6.92 Å². The van der Waals surface area contributed by atoms with Gasteiger partial charge < -0.3 is 14.8 Å². The average molecular weight is 189 g/mol. The number of nitrogens with one attached hydrogen (secondary N) is 1. The monoisotopic (exact) mass is 189 g/mol. The molecule has 0 aromatic heterocycles. The predicted octanol–water partition coefficient (Wildman–Crippen LogP) is 1.43. The maximum atomic E-state index is 5.27. The zero-order valence-corrected chi connectivity index (χ0v) is 9.35. The highest BCUT2D eigenvalue weighted by Crippen LogP contribution is 2.04. The molecule has 0 saturated heterocycles. The molecular weight excluding hydrogens is 166 g/mol. The summed E-state index contributed by atoms with van der Waals surface area (Å²) in [4.78, 5) is 0. The van der Waals surface area contributed by atoms with Crippen molar-refractivity contribution in [1.29, 1.82) is 0 Å². The molecule has 3 heteroatoms. The molecule has 1 N–H and O–H groups in total. The van der Waals surface area contributed by atoms with Crippen molar-refractivity contribution in [1.82, 2.24) is 5.32 Å². The van der Waals surface area contributed by atoms with Crippen molar-refractivity contribution >= 4 is 0 Å². The Morgan fingerprint density at radius 3 is 2.54 bits per heavy atom. The molecule has 0 rings (SSSR count). The maximum absolute atomic E-state index is 5.27. The molecule has 0 unspecified atom stereocenters. The summed E-state index contributed by atoms with van der Waals surface area (Å²) < 4.78 is 10.5. The van der Waals surface area contributed by atoms with E-state index >= 15 is 0 Å². The minimum atomic E-state index is -0.0639. The molecule has 0 aromatic rings. The third-order valence-corrected chi connectivity index (χ3v) is 1.95. The molecule has 0 atom stereocenters. The van der Waals surface area contributed by atoms with Crippen LogP contribution in [0, 0.1) is 0 Å². The van der Waals surface area contributed by atoms with Crippen molar-refractivity contribution in [2.45, 2.75) is 32.8 Å². The van der Waals surface area contributed by atoms with Crippen molar-refractivity contribution in [3.8, 4) is 0 Å². The molecule has 0 spiro atoms. The Balaban J connectivity index is 3.16. The van der Waals surface area contributed by atoms with E-state index in [4.69, 9.17) is 9.47 Å². The third-order valence-electron chi connectivity index (χ3n) is 1.95. The van der Waals surface area contributed by atoms with E-state index in [2.05, 4.69) is 19.2 Å². The molecule has 80 valence electrons. The Kier molecular flexibility index (Phi) is 7.23. The van der Waals surface area contributed by atoms with E-state index in [1.165, 1.54) is 0 Å². The normalized spacial score (nSPS) is 12.0. The van der Waals surface area contributed by atoms with Crippen molar-refractivity contribution in [3.63, 3.8) is 0 Å². The van der Waals surface area contributed by atoms with E-state index in [0.29, 0.717) is 0 Å². The van der Waals surface area contributed by atoms with Gasteiger partial charge in [-0.25, -0.2) is 0 Å². The van der Waals surface area contributed by atoms with Crippen LogP contribution in [-0.2, 0) is 9.47 Å². The lowest BCUT2D eigenvalue weighted by Gasteiger charge is -2.23. The Bertz CT molecular complexity index is 115. The highest BCUT2D eigenvalue weighted by molar-refractivity contribution is 4.70. The molecule has 0 aliphatic rings. The van der Waals surface area contributed by atoms with E-state index < -0.39 is 0 Å². The smallest absolute Gasteiger partial charge is 0.0746 e. The van der Waals surface area contributed by atoms with Crippen LogP contribution in [0.2, 0.25) is 0 Å². The summed E-state index contributed by atoms with van der Waals surface area (Å²) >= 11 is 0. The summed E-state index contributed by atoms with van der Waals surface area (Å²) in [7, 11) is 1.74. The van der Waals surface area contributed by atoms with Gasteiger partial charge in [-0.3, -0.25) is 0 Å². The fraction of sp³-hybridized carbons (Fsp3) is 1.00. The minimum Gasteiger partial charge on any atom is -0.382 e. The van der Waals surface area contributed by atoms with Crippen molar-refractivity contribution in [2.75, 3.05) is 33.4 Å². The Labute approximate surface area is 81.8 Å². The summed E-state index contributed by atoms with van der Waals surface area (Å²) in [5.41, 5.74) is -0.0639. The van der Waals surface area contributed by atoms with Gasteiger partial charge in [0.15, 0.2) is 0 Å². The van der Waals surface area contributed by atoms with Gasteiger partial charge in [-0.2, -0.15) is 0 Å². The van der Waals surface area contributed by atoms with Gasteiger partial charge in [0.25, 0.3) is 0 Å². The van der Waals surface area contributed by atoms with Crippen molar-refractivity contribution in [2.24, 2.45) is 0 Å². The van der Waals surface area contributed by atoms with Crippen LogP contribution in [-0.4, -0.2) is 39.0 Å². The number of hydrogen-bond acceptors (Lipinski definition) is 3. The molecule has 0 bridgehead atoms. The molecule has 0 saturated carbocycles. The van der Waals surface area contributed by atoms with Crippen LogP contribution in [0.15, 0.2) is 0 Å². The largest absolute Gasteiger partial charge is 0.382 e. The molecular formula is C10H23NO2. The van der Waals surface area contributed by atoms with Crippen LogP contribution in [0.5, 0.6) is 0 Å². The van der Waals surface area contributed by atoms with Gasteiger partial charge in [0.2, 0.25) is 0 Å². The molecule has 3 nitrogen and oxygen atoms in total. The summed E-state index contributed by atoms with van der Waals surface area (Å²) in [6, 6.07) is 0. The molecule has 13 heavy (non-hydrogen) atoms. The highest BCUT2D eigenvalue weighted by Gasteiger charge is 2.14. The van der Waals surface area contributed by atoms with Crippen LogP contribution in [0.1, 0.15) is 27.2 Å². The first-order chi connectivity index (χ1) is 6.12. The number of rotatable bonds is 8. The van der Waals surface area contributed by atoms with Gasteiger partial charge >= 0.3 is 0 Å². The third kappa shape index (κ3) is 8.22. The highest BCUT2D eigenvalue weighted by atomic mass is 16.5. The van der Waals surface area contributed by atoms with Crippen LogP contribution in [0.3, 0.4) is 0 Å². The number of ether oxygens (including phenoxy) is 2. The van der Waals surface area contributed by atoms with Gasteiger partial charge in [0, 0.05) is 26.9 Å². The standard InChI is InChI=1S/C10H23NO2/c1-5-13-8-6-7-11-9-10(2,3)12-4/h11H,5-9H2,1-4H3. The first-order valence-corrected chi connectivity index (χ1v) is 4.96. The predicted molar refractivity (Wildman–Crippen MR) is 55.1 cm³/mol. The van der Waals surface area contributed by atoms with Crippen molar-refractivity contribution in [3.05, 3.63) is 0 Å². The fourth-order valence-electron chi connectivity index (χ4n) is 0.905. The first kappa shape index (κ1) is 12.9. The zero-order chi connectivity index (χ0) is 10.2. The van der Waals surface area contributed by atoms with E-state index in [9.17, 15) is 0 Å². The lowest BCUT2D eigenvalue weighted by atomic mass is 10.1. The number of methoxy groups -OCH3 is 1. The van der Waals surface area contributed by atoms with Gasteiger partial charge in [0.05, 0.1) is 5.60 Å². The minimum absolute atomic E-state index is 0.0639. The molecule has 0 fully saturated rings. The van der Waals surface area contributed by atoms with E-state index in [-0.39, 0.29) is 5.60 Å². The quantitative estimate of drug-likeness (QED) is 0.586. The first-order valence-electron chi connectivity index (χ1n) is 4.96. The lowest BCUT2D eigenvalue weighted by molar-refractivity contribution is 0.0229. The molecule has 0 aliphatic carbocycles. The Morgan fingerprint density at radius 2 is 2.00 bits per heavy atom. The van der Waals surface area contributed by atoms with Gasteiger partial charge in [-0.15, -0.1) is 0 Å². The lowest BCUT2D eigenvalue weighted by Crippen LogP contribution is -2.37.